The topological polar surface area (TPSA) is 38.8 Å². The summed E-state index contributed by atoms with van der Waals surface area (Å²) in [5.74, 6) is 0.112. The van der Waals surface area contributed by atoms with Crippen molar-refractivity contribution in [1.29, 1.82) is 0 Å². The molecule has 1 amide bonds. The fourth-order valence-electron chi connectivity index (χ4n) is 3.42. The second kappa shape index (κ2) is 5.65. The van der Waals surface area contributed by atoms with E-state index in [1.54, 1.807) is 11.3 Å². The maximum absolute atomic E-state index is 13.0. The summed E-state index contributed by atoms with van der Waals surface area (Å²) in [6.45, 7) is 3.28. The van der Waals surface area contributed by atoms with E-state index in [0.717, 1.165) is 35.1 Å². The zero-order chi connectivity index (χ0) is 15.0. The SMILES string of the molecule is O=C(c1cccc2ccsc12)N1CCOC2(CCCOC2)C1. The molecule has 2 fully saturated rings. The molecule has 1 atom stereocenters. The maximum atomic E-state index is 13.0. The van der Waals surface area contributed by atoms with Crippen LogP contribution in [-0.2, 0) is 9.47 Å². The van der Waals surface area contributed by atoms with Crippen LogP contribution in [-0.4, -0.2) is 49.3 Å². The highest BCUT2D eigenvalue weighted by atomic mass is 32.1. The number of rotatable bonds is 1. The van der Waals surface area contributed by atoms with Crippen molar-refractivity contribution in [3.63, 3.8) is 0 Å². The molecule has 5 heteroatoms. The molecule has 1 spiro atoms. The Hall–Kier alpha value is -1.43. The highest BCUT2D eigenvalue weighted by molar-refractivity contribution is 7.17. The highest BCUT2D eigenvalue weighted by Gasteiger charge is 2.40. The summed E-state index contributed by atoms with van der Waals surface area (Å²) in [7, 11) is 0. The van der Waals surface area contributed by atoms with E-state index in [9.17, 15) is 4.79 Å². The van der Waals surface area contributed by atoms with E-state index in [1.165, 1.54) is 0 Å². The third-order valence-electron chi connectivity index (χ3n) is 4.53. The van der Waals surface area contributed by atoms with E-state index in [2.05, 4.69) is 12.1 Å². The summed E-state index contributed by atoms with van der Waals surface area (Å²) in [4.78, 5) is 14.9. The van der Waals surface area contributed by atoms with Crippen LogP contribution in [0, 0.1) is 0 Å². The van der Waals surface area contributed by atoms with Crippen molar-refractivity contribution in [2.45, 2.75) is 18.4 Å². The van der Waals surface area contributed by atoms with Gasteiger partial charge in [0.05, 0.1) is 25.3 Å². The molecule has 2 aromatic rings. The quantitative estimate of drug-likeness (QED) is 0.812. The molecule has 4 rings (SSSR count). The van der Waals surface area contributed by atoms with Crippen molar-refractivity contribution < 1.29 is 14.3 Å². The Morgan fingerprint density at radius 1 is 1.27 bits per heavy atom. The van der Waals surface area contributed by atoms with Gasteiger partial charge in [-0.1, -0.05) is 12.1 Å². The lowest BCUT2D eigenvalue weighted by Gasteiger charge is -2.44. The van der Waals surface area contributed by atoms with Crippen LogP contribution in [0.15, 0.2) is 29.6 Å². The van der Waals surface area contributed by atoms with Gasteiger partial charge in [0.15, 0.2) is 0 Å². The van der Waals surface area contributed by atoms with E-state index in [-0.39, 0.29) is 11.5 Å². The monoisotopic (exact) mass is 317 g/mol. The van der Waals surface area contributed by atoms with Crippen LogP contribution in [0.25, 0.3) is 10.1 Å². The first-order valence-electron chi connectivity index (χ1n) is 7.75. The molecule has 1 aromatic carbocycles. The predicted octanol–water partition coefficient (Wildman–Crippen LogP) is 2.92. The van der Waals surface area contributed by atoms with Crippen LogP contribution < -0.4 is 0 Å². The number of hydrogen-bond acceptors (Lipinski definition) is 4. The number of hydrogen-bond donors (Lipinski definition) is 0. The van der Waals surface area contributed by atoms with Gasteiger partial charge in [0.1, 0.15) is 5.60 Å². The number of nitrogens with zero attached hydrogens (tertiary/aromatic N) is 1. The molecule has 0 radical (unpaired) electrons. The van der Waals surface area contributed by atoms with Gasteiger partial charge in [-0.2, -0.15) is 0 Å². The van der Waals surface area contributed by atoms with Crippen LogP contribution in [0.4, 0.5) is 0 Å². The highest BCUT2D eigenvalue weighted by Crippen LogP contribution is 2.30. The normalized spacial score (nSPS) is 25.7. The van der Waals surface area contributed by atoms with E-state index >= 15 is 0 Å². The average molecular weight is 317 g/mol. The van der Waals surface area contributed by atoms with Gasteiger partial charge >= 0.3 is 0 Å². The fraction of sp³-hybridized carbons (Fsp3) is 0.471. The Morgan fingerprint density at radius 3 is 3.09 bits per heavy atom. The first-order valence-corrected chi connectivity index (χ1v) is 8.63. The summed E-state index contributed by atoms with van der Waals surface area (Å²) in [6.07, 6.45) is 1.97. The number of morpholine rings is 1. The number of benzene rings is 1. The molecule has 3 heterocycles. The van der Waals surface area contributed by atoms with Crippen LogP contribution in [0.5, 0.6) is 0 Å². The minimum atomic E-state index is -0.296. The molecule has 2 aliphatic rings. The summed E-state index contributed by atoms with van der Waals surface area (Å²) >= 11 is 1.63. The molecule has 0 aliphatic carbocycles. The molecular weight excluding hydrogens is 298 g/mol. The first-order chi connectivity index (χ1) is 10.8. The van der Waals surface area contributed by atoms with E-state index in [1.807, 2.05) is 22.4 Å². The van der Waals surface area contributed by atoms with Gasteiger partial charge in [0.2, 0.25) is 0 Å². The van der Waals surface area contributed by atoms with Crippen LogP contribution in [0.3, 0.4) is 0 Å². The maximum Gasteiger partial charge on any atom is 0.255 e. The van der Waals surface area contributed by atoms with Gasteiger partial charge in [-0.3, -0.25) is 4.79 Å². The molecule has 0 saturated carbocycles. The van der Waals surface area contributed by atoms with Gasteiger partial charge < -0.3 is 14.4 Å². The zero-order valence-corrected chi connectivity index (χ0v) is 13.2. The van der Waals surface area contributed by atoms with E-state index in [0.29, 0.717) is 26.3 Å². The molecule has 116 valence electrons. The van der Waals surface area contributed by atoms with Gasteiger partial charge in [0, 0.05) is 17.9 Å². The van der Waals surface area contributed by atoms with Gasteiger partial charge in [-0.15, -0.1) is 11.3 Å². The number of amides is 1. The molecule has 1 aromatic heterocycles. The number of carbonyl (C=O) groups is 1. The summed E-state index contributed by atoms with van der Waals surface area (Å²) in [5, 5.41) is 3.18. The predicted molar refractivity (Wildman–Crippen MR) is 86.5 cm³/mol. The fourth-order valence-corrected chi connectivity index (χ4v) is 4.32. The van der Waals surface area contributed by atoms with Crippen molar-refractivity contribution in [2.24, 2.45) is 0 Å². The van der Waals surface area contributed by atoms with E-state index < -0.39 is 0 Å². The summed E-state index contributed by atoms with van der Waals surface area (Å²) < 4.78 is 12.6. The zero-order valence-electron chi connectivity index (χ0n) is 12.4. The van der Waals surface area contributed by atoms with Crippen LogP contribution in [0.1, 0.15) is 23.2 Å². The minimum Gasteiger partial charge on any atom is -0.378 e. The number of fused-ring (bicyclic) bond motifs is 1. The van der Waals surface area contributed by atoms with Crippen molar-refractivity contribution in [3.05, 3.63) is 35.2 Å². The van der Waals surface area contributed by atoms with Crippen molar-refractivity contribution >= 4 is 27.3 Å². The van der Waals surface area contributed by atoms with Gasteiger partial charge in [-0.05, 0) is 35.7 Å². The molecule has 2 aliphatic heterocycles. The van der Waals surface area contributed by atoms with E-state index in [4.69, 9.17) is 9.47 Å². The van der Waals surface area contributed by atoms with Crippen LogP contribution in [0.2, 0.25) is 0 Å². The second-order valence-corrected chi connectivity index (χ2v) is 6.97. The van der Waals surface area contributed by atoms with Gasteiger partial charge in [-0.25, -0.2) is 0 Å². The average Bonchev–Trinajstić information content (AvgIpc) is 3.03. The summed E-state index contributed by atoms with van der Waals surface area (Å²) in [6, 6.07) is 8.01. The van der Waals surface area contributed by atoms with Gasteiger partial charge in [0.25, 0.3) is 5.91 Å². The molecule has 4 nitrogen and oxygen atoms in total. The standard InChI is InChI=1S/C17H19NO3S/c19-16(14-4-1-3-13-5-10-22-15(13)14)18-7-9-21-17(11-18)6-2-8-20-12-17/h1,3-5,10H,2,6-9,11-12H2. The van der Waals surface area contributed by atoms with Crippen molar-refractivity contribution in [1.82, 2.24) is 4.90 Å². The minimum absolute atomic E-state index is 0.112. The number of carbonyl (C=O) groups excluding carboxylic acids is 1. The Labute approximate surface area is 133 Å². The third-order valence-corrected chi connectivity index (χ3v) is 5.49. The third kappa shape index (κ3) is 2.43. The summed E-state index contributed by atoms with van der Waals surface area (Å²) in [5.41, 5.74) is 0.511. The molecular formula is C17H19NO3S. The lowest BCUT2D eigenvalue weighted by molar-refractivity contribution is -0.160. The molecule has 0 bridgehead atoms. The largest absolute Gasteiger partial charge is 0.378 e. The first kappa shape index (κ1) is 14.2. The number of thiophene rings is 1. The lowest BCUT2D eigenvalue weighted by atomic mass is 9.94. The smallest absolute Gasteiger partial charge is 0.255 e. The van der Waals surface area contributed by atoms with Crippen molar-refractivity contribution in [3.8, 4) is 0 Å². The lowest BCUT2D eigenvalue weighted by Crippen LogP contribution is -2.57. The van der Waals surface area contributed by atoms with Crippen molar-refractivity contribution in [2.75, 3.05) is 32.9 Å². The Bertz CT molecular complexity index is 685. The Morgan fingerprint density at radius 2 is 2.23 bits per heavy atom. The Kier molecular flexibility index (Phi) is 3.64. The molecule has 22 heavy (non-hydrogen) atoms. The molecule has 2 saturated heterocycles. The second-order valence-electron chi connectivity index (χ2n) is 6.06. The Balaban J connectivity index is 1.61. The number of ether oxygens (including phenoxy) is 2. The van der Waals surface area contributed by atoms with Crippen LogP contribution >= 0.6 is 11.3 Å². The molecule has 1 unspecified atom stereocenters. The molecule has 0 N–H and O–H groups in total.